The van der Waals surface area contributed by atoms with Crippen LogP contribution in [-0.4, -0.2) is 37.2 Å². The number of benzene rings is 2. The standard InChI is InChI=1S/C18H20N2O4/c1-24-16-10-6-5-7-14(16)11-19-17(21)12-20(13-18(22)23)15-8-3-2-4-9-15/h2-10H,11-13H2,1H3,(H,19,21)(H,22,23). The van der Waals surface area contributed by atoms with E-state index in [1.165, 1.54) is 4.90 Å². The molecule has 0 saturated heterocycles. The number of ether oxygens (including phenoxy) is 1. The minimum Gasteiger partial charge on any atom is -0.496 e. The Morgan fingerprint density at radius 3 is 2.38 bits per heavy atom. The fraction of sp³-hybridized carbons (Fsp3) is 0.222. The van der Waals surface area contributed by atoms with Gasteiger partial charge in [0.15, 0.2) is 0 Å². The molecule has 0 aliphatic rings. The Morgan fingerprint density at radius 2 is 1.71 bits per heavy atom. The van der Waals surface area contributed by atoms with Crippen LogP contribution in [0.25, 0.3) is 0 Å². The molecule has 0 heterocycles. The minimum absolute atomic E-state index is 0.0362. The topological polar surface area (TPSA) is 78.9 Å². The molecule has 2 N–H and O–H groups in total. The molecule has 0 atom stereocenters. The molecule has 0 aliphatic heterocycles. The summed E-state index contributed by atoms with van der Waals surface area (Å²) >= 11 is 0. The van der Waals surface area contributed by atoms with Gasteiger partial charge in [0.05, 0.1) is 13.7 Å². The normalized spacial score (nSPS) is 10.0. The first kappa shape index (κ1) is 17.3. The van der Waals surface area contributed by atoms with E-state index in [1.807, 2.05) is 30.3 Å². The van der Waals surface area contributed by atoms with Gasteiger partial charge in [-0.25, -0.2) is 0 Å². The van der Waals surface area contributed by atoms with Gasteiger partial charge in [0, 0.05) is 17.8 Å². The molecule has 2 rings (SSSR count). The van der Waals surface area contributed by atoms with Crippen molar-refractivity contribution >= 4 is 17.6 Å². The number of carbonyl (C=O) groups excluding carboxylic acids is 1. The molecule has 0 saturated carbocycles. The van der Waals surface area contributed by atoms with Crippen LogP contribution >= 0.6 is 0 Å². The van der Waals surface area contributed by atoms with Gasteiger partial charge < -0.3 is 20.1 Å². The lowest BCUT2D eigenvalue weighted by Gasteiger charge is -2.22. The molecule has 2 aromatic rings. The second-order valence-electron chi connectivity index (χ2n) is 5.17. The number of rotatable bonds is 8. The summed E-state index contributed by atoms with van der Waals surface area (Å²) in [4.78, 5) is 24.7. The molecule has 2 aromatic carbocycles. The number of anilines is 1. The average Bonchev–Trinajstić information content (AvgIpc) is 2.60. The Balaban J connectivity index is 1.99. The van der Waals surface area contributed by atoms with Crippen molar-refractivity contribution in [2.45, 2.75) is 6.54 Å². The highest BCUT2D eigenvalue weighted by Gasteiger charge is 2.15. The lowest BCUT2D eigenvalue weighted by molar-refractivity contribution is -0.135. The van der Waals surface area contributed by atoms with E-state index < -0.39 is 5.97 Å². The maximum atomic E-state index is 12.2. The van der Waals surface area contributed by atoms with Crippen LogP contribution in [0.4, 0.5) is 5.69 Å². The van der Waals surface area contributed by atoms with Crippen LogP contribution in [0.15, 0.2) is 54.6 Å². The zero-order valence-corrected chi connectivity index (χ0v) is 13.4. The molecule has 0 aromatic heterocycles. The fourth-order valence-electron chi connectivity index (χ4n) is 2.31. The zero-order chi connectivity index (χ0) is 17.4. The number of carboxylic acids is 1. The first-order chi connectivity index (χ1) is 11.6. The molecule has 0 bridgehead atoms. The van der Waals surface area contributed by atoms with E-state index in [4.69, 9.17) is 9.84 Å². The number of para-hydroxylation sites is 2. The molecule has 126 valence electrons. The second kappa shape index (κ2) is 8.57. The number of carboxylic acid groups (broad SMARTS) is 1. The first-order valence-corrected chi connectivity index (χ1v) is 7.50. The maximum Gasteiger partial charge on any atom is 0.323 e. The third kappa shape index (κ3) is 5.01. The van der Waals surface area contributed by atoms with Crippen LogP contribution in [0.3, 0.4) is 0 Å². The molecule has 0 radical (unpaired) electrons. The maximum absolute atomic E-state index is 12.2. The fourth-order valence-corrected chi connectivity index (χ4v) is 2.31. The highest BCUT2D eigenvalue weighted by atomic mass is 16.5. The summed E-state index contributed by atoms with van der Waals surface area (Å²) in [5.74, 6) is -0.550. The van der Waals surface area contributed by atoms with Crippen LogP contribution in [-0.2, 0) is 16.1 Å². The van der Waals surface area contributed by atoms with E-state index in [1.54, 1.807) is 31.4 Å². The quantitative estimate of drug-likeness (QED) is 0.774. The molecule has 0 aliphatic carbocycles. The number of nitrogens with zero attached hydrogens (tertiary/aromatic N) is 1. The lowest BCUT2D eigenvalue weighted by Crippen LogP contribution is -2.39. The van der Waals surface area contributed by atoms with Crippen molar-refractivity contribution in [1.82, 2.24) is 5.32 Å². The zero-order valence-electron chi connectivity index (χ0n) is 13.4. The van der Waals surface area contributed by atoms with E-state index in [0.29, 0.717) is 18.0 Å². The molecule has 0 spiro atoms. The average molecular weight is 328 g/mol. The van der Waals surface area contributed by atoms with Crippen molar-refractivity contribution < 1.29 is 19.4 Å². The third-order valence-electron chi connectivity index (χ3n) is 3.45. The first-order valence-electron chi connectivity index (χ1n) is 7.50. The lowest BCUT2D eigenvalue weighted by atomic mass is 10.2. The smallest absolute Gasteiger partial charge is 0.323 e. The summed E-state index contributed by atoms with van der Waals surface area (Å²) in [5.41, 5.74) is 1.55. The molecular formula is C18H20N2O4. The number of amides is 1. The van der Waals surface area contributed by atoms with Crippen molar-refractivity contribution in [3.05, 3.63) is 60.2 Å². The summed E-state index contributed by atoms with van der Waals surface area (Å²) in [6, 6.07) is 16.4. The van der Waals surface area contributed by atoms with Crippen molar-refractivity contribution in [3.63, 3.8) is 0 Å². The summed E-state index contributed by atoms with van der Waals surface area (Å²) < 4.78 is 5.24. The SMILES string of the molecule is COc1ccccc1CNC(=O)CN(CC(=O)O)c1ccccc1. The summed E-state index contributed by atoms with van der Waals surface area (Å²) in [5, 5.41) is 11.8. The van der Waals surface area contributed by atoms with Gasteiger partial charge in [-0.05, 0) is 18.2 Å². The second-order valence-corrected chi connectivity index (χ2v) is 5.17. The summed E-state index contributed by atoms with van der Waals surface area (Å²) in [6.07, 6.45) is 0. The van der Waals surface area contributed by atoms with Gasteiger partial charge in [-0.3, -0.25) is 9.59 Å². The molecule has 1 amide bonds. The molecule has 6 nitrogen and oxygen atoms in total. The van der Waals surface area contributed by atoms with Crippen LogP contribution in [0, 0.1) is 0 Å². The third-order valence-corrected chi connectivity index (χ3v) is 3.45. The van der Waals surface area contributed by atoms with Crippen LogP contribution < -0.4 is 15.0 Å². The van der Waals surface area contributed by atoms with Gasteiger partial charge in [0.25, 0.3) is 0 Å². The van der Waals surface area contributed by atoms with Gasteiger partial charge >= 0.3 is 5.97 Å². The summed E-state index contributed by atoms with van der Waals surface area (Å²) in [7, 11) is 1.57. The molecular weight excluding hydrogens is 308 g/mol. The van der Waals surface area contributed by atoms with Gasteiger partial charge in [-0.15, -0.1) is 0 Å². The number of hydrogen-bond acceptors (Lipinski definition) is 4. The molecule has 24 heavy (non-hydrogen) atoms. The number of nitrogens with one attached hydrogen (secondary N) is 1. The Kier molecular flexibility index (Phi) is 6.19. The van der Waals surface area contributed by atoms with Crippen LogP contribution in [0.5, 0.6) is 5.75 Å². The predicted octanol–water partition coefficient (Wildman–Crippen LogP) is 1.90. The Morgan fingerprint density at radius 1 is 1.04 bits per heavy atom. The number of methoxy groups -OCH3 is 1. The van der Waals surface area contributed by atoms with Crippen molar-refractivity contribution in [1.29, 1.82) is 0 Å². The Hall–Kier alpha value is -3.02. The molecule has 0 unspecified atom stereocenters. The highest BCUT2D eigenvalue weighted by molar-refractivity contribution is 5.84. The van der Waals surface area contributed by atoms with Crippen LogP contribution in [0.2, 0.25) is 0 Å². The largest absolute Gasteiger partial charge is 0.496 e. The van der Waals surface area contributed by atoms with Gasteiger partial charge in [-0.1, -0.05) is 36.4 Å². The molecule has 6 heteroatoms. The van der Waals surface area contributed by atoms with E-state index in [-0.39, 0.29) is 19.0 Å². The summed E-state index contributed by atoms with van der Waals surface area (Å²) in [6.45, 7) is 0.0378. The van der Waals surface area contributed by atoms with E-state index in [0.717, 1.165) is 5.56 Å². The molecule has 0 fully saturated rings. The Labute approximate surface area is 140 Å². The van der Waals surface area contributed by atoms with Crippen LogP contribution in [0.1, 0.15) is 5.56 Å². The van der Waals surface area contributed by atoms with Crippen molar-refractivity contribution in [2.75, 3.05) is 25.1 Å². The highest BCUT2D eigenvalue weighted by Crippen LogP contribution is 2.17. The van der Waals surface area contributed by atoms with Gasteiger partial charge in [0.1, 0.15) is 12.3 Å². The van der Waals surface area contributed by atoms with Gasteiger partial charge in [-0.2, -0.15) is 0 Å². The predicted molar refractivity (Wildman–Crippen MR) is 91.1 cm³/mol. The minimum atomic E-state index is -0.989. The van der Waals surface area contributed by atoms with E-state index in [2.05, 4.69) is 5.32 Å². The number of carbonyl (C=O) groups is 2. The van der Waals surface area contributed by atoms with E-state index >= 15 is 0 Å². The number of hydrogen-bond donors (Lipinski definition) is 2. The van der Waals surface area contributed by atoms with E-state index in [9.17, 15) is 9.59 Å². The van der Waals surface area contributed by atoms with Crippen molar-refractivity contribution in [3.8, 4) is 5.75 Å². The monoisotopic (exact) mass is 328 g/mol. The Bertz CT molecular complexity index is 688. The number of aliphatic carboxylic acids is 1. The van der Waals surface area contributed by atoms with Crippen molar-refractivity contribution in [2.24, 2.45) is 0 Å². The van der Waals surface area contributed by atoms with Gasteiger partial charge in [0.2, 0.25) is 5.91 Å².